The molecular formula is C16H21N5. The molecule has 2 heterocycles. The fourth-order valence-electron chi connectivity index (χ4n) is 2.60. The van der Waals surface area contributed by atoms with E-state index in [9.17, 15) is 0 Å². The predicted molar refractivity (Wildman–Crippen MR) is 85.5 cm³/mol. The second kappa shape index (κ2) is 6.54. The van der Waals surface area contributed by atoms with Gasteiger partial charge in [-0.05, 0) is 12.1 Å². The first kappa shape index (κ1) is 13.8. The minimum absolute atomic E-state index is 0.813. The van der Waals surface area contributed by atoms with Crippen LogP contribution in [0.15, 0.2) is 42.7 Å². The molecule has 1 aromatic heterocycles. The summed E-state index contributed by atoms with van der Waals surface area (Å²) in [6.07, 6.45) is 3.64. The number of aromatic nitrogens is 2. The number of nitrogens with one attached hydrogen (secondary N) is 1. The van der Waals surface area contributed by atoms with Gasteiger partial charge in [-0.2, -0.15) is 0 Å². The molecule has 1 fully saturated rings. The molecule has 1 N–H and O–H groups in total. The van der Waals surface area contributed by atoms with E-state index in [1.165, 1.54) is 5.69 Å². The third-order valence-electron chi connectivity index (χ3n) is 3.84. The highest BCUT2D eigenvalue weighted by Gasteiger charge is 2.17. The minimum atomic E-state index is 0.813. The van der Waals surface area contributed by atoms with E-state index in [1.807, 2.05) is 13.2 Å². The Hall–Kier alpha value is -2.14. The van der Waals surface area contributed by atoms with Crippen molar-refractivity contribution in [2.75, 3.05) is 43.4 Å². The van der Waals surface area contributed by atoms with Crippen LogP contribution in [0.1, 0.15) is 5.69 Å². The summed E-state index contributed by atoms with van der Waals surface area (Å²) in [6, 6.07) is 10.6. The van der Waals surface area contributed by atoms with Crippen molar-refractivity contribution in [1.29, 1.82) is 0 Å². The van der Waals surface area contributed by atoms with Crippen LogP contribution in [-0.4, -0.2) is 48.1 Å². The summed E-state index contributed by atoms with van der Waals surface area (Å²) >= 11 is 0. The van der Waals surface area contributed by atoms with Crippen LogP contribution in [0.4, 0.5) is 11.5 Å². The average molecular weight is 283 g/mol. The van der Waals surface area contributed by atoms with E-state index in [1.54, 1.807) is 6.20 Å². The molecule has 1 saturated heterocycles. The maximum absolute atomic E-state index is 4.44. The third kappa shape index (κ3) is 3.49. The van der Waals surface area contributed by atoms with Gasteiger partial charge < -0.3 is 10.2 Å². The van der Waals surface area contributed by atoms with Crippen LogP contribution < -0.4 is 10.2 Å². The van der Waals surface area contributed by atoms with Gasteiger partial charge in [0.05, 0.1) is 18.1 Å². The topological polar surface area (TPSA) is 44.3 Å². The SMILES string of the molecule is CNc1cnc(CN2CCN(c3ccccc3)CC2)cn1. The second-order valence-corrected chi connectivity index (χ2v) is 5.24. The van der Waals surface area contributed by atoms with E-state index in [2.05, 4.69) is 55.4 Å². The molecule has 0 radical (unpaired) electrons. The molecule has 0 amide bonds. The lowest BCUT2D eigenvalue weighted by Gasteiger charge is -2.35. The lowest BCUT2D eigenvalue weighted by Crippen LogP contribution is -2.46. The molecule has 0 unspecified atom stereocenters. The fraction of sp³-hybridized carbons (Fsp3) is 0.375. The van der Waals surface area contributed by atoms with Crippen LogP contribution in [0, 0.1) is 0 Å². The van der Waals surface area contributed by atoms with Gasteiger partial charge in [0.15, 0.2) is 0 Å². The Morgan fingerprint density at radius 3 is 2.38 bits per heavy atom. The van der Waals surface area contributed by atoms with Crippen molar-refractivity contribution in [2.24, 2.45) is 0 Å². The molecule has 0 bridgehead atoms. The lowest BCUT2D eigenvalue weighted by atomic mass is 10.2. The standard InChI is InChI=1S/C16H21N5/c1-17-16-12-18-14(11-19-16)13-20-7-9-21(10-8-20)15-5-3-2-4-6-15/h2-6,11-12H,7-10,13H2,1H3,(H,17,19). The van der Waals surface area contributed by atoms with Gasteiger partial charge in [-0.1, -0.05) is 18.2 Å². The van der Waals surface area contributed by atoms with E-state index in [-0.39, 0.29) is 0 Å². The molecular weight excluding hydrogens is 262 g/mol. The zero-order valence-corrected chi connectivity index (χ0v) is 12.4. The van der Waals surface area contributed by atoms with Crippen molar-refractivity contribution in [1.82, 2.24) is 14.9 Å². The maximum Gasteiger partial charge on any atom is 0.144 e. The number of benzene rings is 1. The summed E-state index contributed by atoms with van der Waals surface area (Å²) in [7, 11) is 1.85. The summed E-state index contributed by atoms with van der Waals surface area (Å²) in [5, 5.41) is 2.99. The van der Waals surface area contributed by atoms with Gasteiger partial charge in [0.1, 0.15) is 5.82 Å². The molecule has 5 heteroatoms. The van der Waals surface area contributed by atoms with Crippen LogP contribution >= 0.6 is 0 Å². The van der Waals surface area contributed by atoms with Gasteiger partial charge in [0, 0.05) is 45.5 Å². The van der Waals surface area contributed by atoms with Crippen LogP contribution in [-0.2, 0) is 6.54 Å². The summed E-state index contributed by atoms with van der Waals surface area (Å²) in [5.74, 6) is 0.813. The highest BCUT2D eigenvalue weighted by atomic mass is 15.3. The molecule has 0 saturated carbocycles. The van der Waals surface area contributed by atoms with Gasteiger partial charge in [0.2, 0.25) is 0 Å². The lowest BCUT2D eigenvalue weighted by molar-refractivity contribution is 0.247. The monoisotopic (exact) mass is 283 g/mol. The molecule has 1 aliphatic rings. The predicted octanol–water partition coefficient (Wildman–Crippen LogP) is 1.84. The molecule has 0 aliphatic carbocycles. The normalized spacial score (nSPS) is 16.0. The van der Waals surface area contributed by atoms with E-state index >= 15 is 0 Å². The number of anilines is 2. The summed E-state index contributed by atoms with van der Waals surface area (Å²) in [4.78, 5) is 13.6. The van der Waals surface area contributed by atoms with Crippen molar-refractivity contribution in [3.63, 3.8) is 0 Å². The van der Waals surface area contributed by atoms with Crippen molar-refractivity contribution in [2.45, 2.75) is 6.54 Å². The Balaban J connectivity index is 1.53. The summed E-state index contributed by atoms with van der Waals surface area (Å²) < 4.78 is 0. The van der Waals surface area contributed by atoms with Crippen molar-refractivity contribution < 1.29 is 0 Å². The van der Waals surface area contributed by atoms with Crippen molar-refractivity contribution in [3.8, 4) is 0 Å². The molecule has 110 valence electrons. The van der Waals surface area contributed by atoms with E-state index in [4.69, 9.17) is 0 Å². The van der Waals surface area contributed by atoms with Crippen LogP contribution in [0.3, 0.4) is 0 Å². The second-order valence-electron chi connectivity index (χ2n) is 5.24. The van der Waals surface area contributed by atoms with E-state index in [0.29, 0.717) is 0 Å². The Kier molecular flexibility index (Phi) is 4.31. The maximum atomic E-state index is 4.44. The first-order valence-corrected chi connectivity index (χ1v) is 7.36. The highest BCUT2D eigenvalue weighted by Crippen LogP contribution is 2.16. The quantitative estimate of drug-likeness (QED) is 0.927. The molecule has 2 aromatic rings. The smallest absolute Gasteiger partial charge is 0.144 e. The summed E-state index contributed by atoms with van der Waals surface area (Å²) in [6.45, 7) is 5.12. The Labute approximate surface area is 125 Å². The molecule has 1 aromatic carbocycles. The fourth-order valence-corrected chi connectivity index (χ4v) is 2.60. The van der Waals surface area contributed by atoms with Crippen LogP contribution in [0.25, 0.3) is 0 Å². The first-order valence-electron chi connectivity index (χ1n) is 7.36. The highest BCUT2D eigenvalue weighted by molar-refractivity contribution is 5.46. The largest absolute Gasteiger partial charge is 0.372 e. The third-order valence-corrected chi connectivity index (χ3v) is 3.84. The van der Waals surface area contributed by atoms with Crippen molar-refractivity contribution >= 4 is 11.5 Å². The minimum Gasteiger partial charge on any atom is -0.372 e. The van der Waals surface area contributed by atoms with Gasteiger partial charge in [-0.25, -0.2) is 4.98 Å². The van der Waals surface area contributed by atoms with Crippen LogP contribution in [0.2, 0.25) is 0 Å². The zero-order chi connectivity index (χ0) is 14.5. The number of rotatable bonds is 4. The molecule has 0 atom stereocenters. The van der Waals surface area contributed by atoms with Gasteiger partial charge >= 0.3 is 0 Å². The van der Waals surface area contributed by atoms with Gasteiger partial charge in [-0.15, -0.1) is 0 Å². The van der Waals surface area contributed by atoms with Crippen molar-refractivity contribution in [3.05, 3.63) is 48.4 Å². The molecule has 3 rings (SSSR count). The average Bonchev–Trinajstić information content (AvgIpc) is 2.57. The van der Waals surface area contributed by atoms with Gasteiger partial charge in [-0.3, -0.25) is 9.88 Å². The Bertz CT molecular complexity index is 547. The Morgan fingerprint density at radius 2 is 1.76 bits per heavy atom. The zero-order valence-electron chi connectivity index (χ0n) is 12.4. The first-order chi connectivity index (χ1) is 10.3. The summed E-state index contributed by atoms with van der Waals surface area (Å²) in [5.41, 5.74) is 2.34. The van der Waals surface area contributed by atoms with E-state index < -0.39 is 0 Å². The Morgan fingerprint density at radius 1 is 1.00 bits per heavy atom. The van der Waals surface area contributed by atoms with E-state index in [0.717, 1.165) is 44.2 Å². The number of piperazine rings is 1. The number of hydrogen-bond acceptors (Lipinski definition) is 5. The number of nitrogens with zero attached hydrogens (tertiary/aromatic N) is 4. The number of hydrogen-bond donors (Lipinski definition) is 1. The number of para-hydroxylation sites is 1. The molecule has 0 spiro atoms. The van der Waals surface area contributed by atoms with Crippen LogP contribution in [0.5, 0.6) is 0 Å². The molecule has 1 aliphatic heterocycles. The molecule has 21 heavy (non-hydrogen) atoms. The van der Waals surface area contributed by atoms with Gasteiger partial charge in [0.25, 0.3) is 0 Å². The molecule has 5 nitrogen and oxygen atoms in total.